The number of carbonyl (C=O) groups excluding carboxylic acids is 1. The van der Waals surface area contributed by atoms with E-state index in [-0.39, 0.29) is 12.1 Å². The molecule has 1 aromatic rings. The molecule has 0 amide bonds. The summed E-state index contributed by atoms with van der Waals surface area (Å²) < 4.78 is 5.56. The van der Waals surface area contributed by atoms with Gasteiger partial charge in [-0.2, -0.15) is 0 Å². The lowest BCUT2D eigenvalue weighted by Gasteiger charge is -2.28. The van der Waals surface area contributed by atoms with Crippen molar-refractivity contribution in [3.05, 3.63) is 29.8 Å². The lowest BCUT2D eigenvalue weighted by atomic mass is 10.1. The highest BCUT2D eigenvalue weighted by molar-refractivity contribution is 5.95. The van der Waals surface area contributed by atoms with Crippen molar-refractivity contribution in [2.45, 2.75) is 18.9 Å². The van der Waals surface area contributed by atoms with E-state index in [1.807, 2.05) is 25.2 Å². The number of ether oxygens (including phenoxy) is 1. The van der Waals surface area contributed by atoms with Crippen molar-refractivity contribution < 1.29 is 9.53 Å². The van der Waals surface area contributed by atoms with E-state index in [9.17, 15) is 4.79 Å². The Labute approximate surface area is 108 Å². The van der Waals surface area contributed by atoms with Gasteiger partial charge in [-0.15, -0.1) is 0 Å². The first-order chi connectivity index (χ1) is 8.70. The molecule has 0 aromatic heterocycles. The van der Waals surface area contributed by atoms with Gasteiger partial charge in [0.25, 0.3) is 0 Å². The van der Waals surface area contributed by atoms with Crippen LogP contribution >= 0.6 is 0 Å². The number of esters is 1. The molecule has 2 rings (SSSR count). The Hall–Kier alpha value is -1.55. The van der Waals surface area contributed by atoms with Gasteiger partial charge < -0.3 is 15.0 Å². The quantitative estimate of drug-likeness (QED) is 0.830. The first-order valence-electron chi connectivity index (χ1n) is 6.37. The van der Waals surface area contributed by atoms with Crippen molar-refractivity contribution in [3.8, 4) is 0 Å². The molecule has 0 aliphatic carbocycles. The summed E-state index contributed by atoms with van der Waals surface area (Å²) in [5.41, 5.74) is 1.43. The van der Waals surface area contributed by atoms with Crippen LogP contribution in [0.1, 0.15) is 23.2 Å². The number of carbonyl (C=O) groups is 1. The molecule has 18 heavy (non-hydrogen) atoms. The molecule has 1 saturated heterocycles. The maximum absolute atomic E-state index is 12.1. The molecule has 0 spiro atoms. The Bertz CT molecular complexity index is 412. The van der Waals surface area contributed by atoms with E-state index < -0.39 is 0 Å². The first-order valence-corrected chi connectivity index (χ1v) is 6.37. The summed E-state index contributed by atoms with van der Waals surface area (Å²) in [6, 6.07) is 7.43. The normalized spacial score (nSPS) is 17.4. The molecule has 1 fully saturated rings. The number of piperidine rings is 1. The van der Waals surface area contributed by atoms with Crippen molar-refractivity contribution in [3.63, 3.8) is 0 Å². The predicted octanol–water partition coefficient (Wildman–Crippen LogP) is 1.98. The lowest BCUT2D eigenvalue weighted by molar-refractivity contribution is 0.0140. The minimum absolute atomic E-state index is 0.0543. The van der Waals surface area contributed by atoms with Gasteiger partial charge in [-0.3, -0.25) is 0 Å². The average Bonchev–Trinajstić information content (AvgIpc) is 2.41. The largest absolute Gasteiger partial charge is 0.459 e. The molecular formula is C14H20N2O2. The van der Waals surface area contributed by atoms with Gasteiger partial charge in [0.15, 0.2) is 0 Å². The molecule has 0 atom stereocenters. The van der Waals surface area contributed by atoms with Crippen molar-refractivity contribution in [1.82, 2.24) is 4.90 Å². The van der Waals surface area contributed by atoms with Crippen molar-refractivity contribution in [2.24, 2.45) is 0 Å². The summed E-state index contributed by atoms with van der Waals surface area (Å²) in [6.45, 7) is 1.98. The molecule has 1 heterocycles. The van der Waals surface area contributed by atoms with E-state index in [2.05, 4.69) is 17.3 Å². The number of nitrogens with zero attached hydrogens (tertiary/aromatic N) is 1. The molecule has 1 aromatic carbocycles. The fourth-order valence-electron chi connectivity index (χ4n) is 2.20. The summed E-state index contributed by atoms with van der Waals surface area (Å²) in [4.78, 5) is 14.4. The fourth-order valence-corrected chi connectivity index (χ4v) is 2.20. The number of nitrogens with one attached hydrogen (secondary N) is 1. The monoisotopic (exact) mass is 248 g/mol. The molecule has 0 saturated carbocycles. The van der Waals surface area contributed by atoms with Crippen molar-refractivity contribution in [2.75, 3.05) is 32.5 Å². The minimum atomic E-state index is -0.227. The maximum atomic E-state index is 12.1. The van der Waals surface area contributed by atoms with Crippen LogP contribution < -0.4 is 5.32 Å². The number of hydrogen-bond donors (Lipinski definition) is 1. The summed E-state index contributed by atoms with van der Waals surface area (Å²) >= 11 is 0. The van der Waals surface area contributed by atoms with Crippen LogP contribution in [-0.4, -0.2) is 44.2 Å². The topological polar surface area (TPSA) is 41.6 Å². The van der Waals surface area contributed by atoms with Gasteiger partial charge in [-0.1, -0.05) is 12.1 Å². The van der Waals surface area contributed by atoms with E-state index in [1.165, 1.54) is 0 Å². The van der Waals surface area contributed by atoms with Gasteiger partial charge in [0, 0.05) is 25.8 Å². The van der Waals surface area contributed by atoms with Gasteiger partial charge in [0.1, 0.15) is 6.10 Å². The Morgan fingerprint density at radius 1 is 1.33 bits per heavy atom. The van der Waals surface area contributed by atoms with Crippen LogP contribution in [-0.2, 0) is 4.74 Å². The molecule has 1 N–H and O–H groups in total. The Morgan fingerprint density at radius 3 is 2.67 bits per heavy atom. The van der Waals surface area contributed by atoms with Crippen LogP contribution in [0.5, 0.6) is 0 Å². The second-order valence-corrected chi connectivity index (χ2v) is 4.70. The van der Waals surface area contributed by atoms with E-state index in [0.29, 0.717) is 5.56 Å². The van der Waals surface area contributed by atoms with E-state index >= 15 is 0 Å². The van der Waals surface area contributed by atoms with Gasteiger partial charge >= 0.3 is 5.97 Å². The van der Waals surface area contributed by atoms with E-state index in [1.54, 1.807) is 6.07 Å². The molecule has 98 valence electrons. The lowest BCUT2D eigenvalue weighted by Crippen LogP contribution is -2.35. The molecule has 1 aliphatic rings. The molecular weight excluding hydrogens is 228 g/mol. The average molecular weight is 248 g/mol. The number of likely N-dealkylation sites (tertiary alicyclic amines) is 1. The number of rotatable bonds is 3. The molecule has 4 nitrogen and oxygen atoms in total. The molecule has 0 radical (unpaired) electrons. The third kappa shape index (κ3) is 3.01. The fraction of sp³-hybridized carbons (Fsp3) is 0.500. The minimum Gasteiger partial charge on any atom is -0.459 e. The first kappa shape index (κ1) is 12.9. The zero-order valence-corrected chi connectivity index (χ0v) is 11.0. The summed E-state index contributed by atoms with van der Waals surface area (Å²) in [5, 5.41) is 3.01. The van der Waals surface area contributed by atoms with Crippen LogP contribution in [0.4, 0.5) is 5.69 Å². The highest BCUT2D eigenvalue weighted by Crippen LogP contribution is 2.19. The number of anilines is 1. The number of benzene rings is 1. The third-order valence-corrected chi connectivity index (χ3v) is 3.36. The summed E-state index contributed by atoms with van der Waals surface area (Å²) in [7, 11) is 3.90. The van der Waals surface area contributed by atoms with Crippen LogP contribution in [0.3, 0.4) is 0 Å². The van der Waals surface area contributed by atoms with Crippen LogP contribution in [0.2, 0.25) is 0 Å². The molecule has 0 bridgehead atoms. The second-order valence-electron chi connectivity index (χ2n) is 4.70. The third-order valence-electron chi connectivity index (χ3n) is 3.36. The van der Waals surface area contributed by atoms with Crippen molar-refractivity contribution in [1.29, 1.82) is 0 Å². The molecule has 0 unspecified atom stereocenters. The highest BCUT2D eigenvalue weighted by atomic mass is 16.5. The summed E-state index contributed by atoms with van der Waals surface area (Å²) in [6.07, 6.45) is 1.90. The van der Waals surface area contributed by atoms with Gasteiger partial charge in [-0.05, 0) is 32.0 Å². The van der Waals surface area contributed by atoms with Gasteiger partial charge in [0.2, 0.25) is 0 Å². The van der Waals surface area contributed by atoms with E-state index in [0.717, 1.165) is 31.6 Å². The molecule has 1 aliphatic heterocycles. The standard InChI is InChI=1S/C14H20N2O2/c1-15-13-6-4-3-5-12(13)14(17)18-11-7-9-16(2)10-8-11/h3-6,11,15H,7-10H2,1-2H3. The number of hydrogen-bond acceptors (Lipinski definition) is 4. The summed E-state index contributed by atoms with van der Waals surface area (Å²) in [5.74, 6) is -0.227. The smallest absolute Gasteiger partial charge is 0.340 e. The zero-order chi connectivity index (χ0) is 13.0. The maximum Gasteiger partial charge on any atom is 0.340 e. The van der Waals surface area contributed by atoms with Gasteiger partial charge in [-0.25, -0.2) is 4.79 Å². The Kier molecular flexibility index (Phi) is 4.20. The zero-order valence-electron chi connectivity index (χ0n) is 11.0. The highest BCUT2D eigenvalue weighted by Gasteiger charge is 2.21. The molecule has 4 heteroatoms. The predicted molar refractivity (Wildman–Crippen MR) is 71.9 cm³/mol. The van der Waals surface area contributed by atoms with Crippen LogP contribution in [0.25, 0.3) is 0 Å². The Balaban J connectivity index is 1.99. The second kappa shape index (κ2) is 5.87. The number of para-hydroxylation sites is 1. The van der Waals surface area contributed by atoms with Gasteiger partial charge in [0.05, 0.1) is 5.56 Å². The SMILES string of the molecule is CNc1ccccc1C(=O)OC1CCN(C)CC1. The Morgan fingerprint density at radius 2 is 2.00 bits per heavy atom. The van der Waals surface area contributed by atoms with Crippen LogP contribution in [0.15, 0.2) is 24.3 Å². The van der Waals surface area contributed by atoms with E-state index in [4.69, 9.17) is 4.74 Å². The van der Waals surface area contributed by atoms with Crippen molar-refractivity contribution >= 4 is 11.7 Å². The van der Waals surface area contributed by atoms with Crippen LogP contribution in [0, 0.1) is 0 Å².